The molecule has 0 amide bonds. The first-order chi connectivity index (χ1) is 31.7. The summed E-state index contributed by atoms with van der Waals surface area (Å²) in [5.41, 5.74) is 12.1. The Morgan fingerprint density at radius 2 is 0.781 bits per heavy atom. The minimum absolute atomic E-state index is 0.887. The Labute approximate surface area is 370 Å². The number of nitrogens with zero attached hydrogens (tertiary/aromatic N) is 1. The van der Waals surface area contributed by atoms with Gasteiger partial charge in [-0.1, -0.05) is 170 Å². The molecule has 0 aliphatic carbocycles. The monoisotopic (exact) mass is 813 g/mol. The molecule has 13 rings (SSSR count). The lowest BCUT2D eigenvalue weighted by atomic mass is 9.93. The quantitative estimate of drug-likeness (QED) is 0.156. The van der Waals surface area contributed by atoms with Crippen LogP contribution in [0, 0.1) is 0 Å². The summed E-state index contributed by atoms with van der Waals surface area (Å²) in [6, 6.07) is 86.2. The van der Waals surface area contributed by atoms with Crippen molar-refractivity contribution in [3.63, 3.8) is 0 Å². The van der Waals surface area contributed by atoms with Crippen molar-refractivity contribution in [2.75, 3.05) is 4.90 Å². The van der Waals surface area contributed by atoms with E-state index in [1.165, 1.54) is 76.1 Å². The highest BCUT2D eigenvalue weighted by molar-refractivity contribution is 6.14. The number of furan rings is 1. The van der Waals surface area contributed by atoms with E-state index in [1.54, 1.807) is 0 Å². The van der Waals surface area contributed by atoms with Gasteiger partial charge in [0.15, 0.2) is 0 Å². The van der Waals surface area contributed by atoms with Crippen LogP contribution in [0.15, 0.2) is 241 Å². The molecular weight excluding hydrogens is 775 g/mol. The van der Waals surface area contributed by atoms with Gasteiger partial charge < -0.3 is 9.32 Å². The molecule has 0 atom stereocenters. The van der Waals surface area contributed by atoms with Crippen LogP contribution in [0.25, 0.3) is 109 Å². The predicted molar refractivity (Wildman–Crippen MR) is 272 cm³/mol. The van der Waals surface area contributed by atoms with Gasteiger partial charge in [0.25, 0.3) is 0 Å². The zero-order valence-electron chi connectivity index (χ0n) is 34.9. The fraction of sp³-hybridized carbons (Fsp3) is 0. The van der Waals surface area contributed by atoms with Crippen molar-refractivity contribution >= 4 is 92.9 Å². The summed E-state index contributed by atoms with van der Waals surface area (Å²) in [5.74, 6) is 0. The third kappa shape index (κ3) is 5.95. The van der Waals surface area contributed by atoms with E-state index in [-0.39, 0.29) is 0 Å². The molecule has 0 saturated carbocycles. The zero-order valence-corrected chi connectivity index (χ0v) is 34.9. The number of para-hydroxylation sites is 1. The van der Waals surface area contributed by atoms with Crippen molar-refractivity contribution in [3.8, 4) is 33.4 Å². The summed E-state index contributed by atoms with van der Waals surface area (Å²) in [5, 5.41) is 14.7. The Morgan fingerprint density at radius 3 is 1.56 bits per heavy atom. The molecule has 12 aromatic carbocycles. The highest BCUT2D eigenvalue weighted by Gasteiger charge is 2.20. The van der Waals surface area contributed by atoms with Crippen LogP contribution >= 0.6 is 0 Å². The highest BCUT2D eigenvalue weighted by Crippen LogP contribution is 2.44. The first-order valence-electron chi connectivity index (χ1n) is 22.0. The lowest BCUT2D eigenvalue weighted by Crippen LogP contribution is -2.11. The lowest BCUT2D eigenvalue weighted by Gasteiger charge is -2.28. The Bertz CT molecular complexity index is 3950. The molecular formula is C62H39NO. The Balaban J connectivity index is 0.949. The van der Waals surface area contributed by atoms with Gasteiger partial charge in [-0.15, -0.1) is 0 Å². The smallest absolute Gasteiger partial charge is 0.136 e. The minimum Gasteiger partial charge on any atom is -0.456 e. The molecule has 0 aliphatic heterocycles. The van der Waals surface area contributed by atoms with Crippen LogP contribution in [0.3, 0.4) is 0 Å². The summed E-state index contributed by atoms with van der Waals surface area (Å²) < 4.78 is 6.45. The van der Waals surface area contributed by atoms with E-state index < -0.39 is 0 Å². The summed E-state index contributed by atoms with van der Waals surface area (Å²) >= 11 is 0. The summed E-state index contributed by atoms with van der Waals surface area (Å²) in [4.78, 5) is 2.40. The van der Waals surface area contributed by atoms with E-state index in [1.807, 2.05) is 0 Å². The van der Waals surface area contributed by atoms with Gasteiger partial charge in [-0.2, -0.15) is 0 Å². The summed E-state index contributed by atoms with van der Waals surface area (Å²) in [6.45, 7) is 0. The zero-order chi connectivity index (χ0) is 42.1. The molecule has 0 N–H and O–H groups in total. The topological polar surface area (TPSA) is 16.4 Å². The number of benzene rings is 12. The van der Waals surface area contributed by atoms with E-state index in [4.69, 9.17) is 4.42 Å². The average Bonchev–Trinajstić information content (AvgIpc) is 3.72. The minimum atomic E-state index is 0.887. The predicted octanol–water partition coefficient (Wildman–Crippen LogP) is 17.8. The maximum atomic E-state index is 6.45. The largest absolute Gasteiger partial charge is 0.456 e. The van der Waals surface area contributed by atoms with E-state index in [0.717, 1.165) is 50.1 Å². The van der Waals surface area contributed by atoms with E-state index in [0.29, 0.717) is 0 Å². The molecule has 64 heavy (non-hydrogen) atoms. The number of hydrogen-bond acceptors (Lipinski definition) is 2. The second kappa shape index (κ2) is 14.6. The Kier molecular flexibility index (Phi) is 8.25. The van der Waals surface area contributed by atoms with Crippen molar-refractivity contribution in [3.05, 3.63) is 237 Å². The number of rotatable bonds is 6. The van der Waals surface area contributed by atoms with Crippen LogP contribution in [-0.4, -0.2) is 0 Å². The molecule has 13 aromatic rings. The number of hydrogen-bond donors (Lipinski definition) is 0. The maximum absolute atomic E-state index is 6.45. The van der Waals surface area contributed by atoms with Gasteiger partial charge in [-0.3, -0.25) is 0 Å². The summed E-state index contributed by atoms with van der Waals surface area (Å²) in [7, 11) is 0. The van der Waals surface area contributed by atoms with Gasteiger partial charge in [0, 0.05) is 27.7 Å². The normalized spacial score (nSPS) is 11.8. The van der Waals surface area contributed by atoms with Crippen molar-refractivity contribution in [2.45, 2.75) is 0 Å². The third-order valence-corrected chi connectivity index (χ3v) is 13.2. The molecule has 1 heterocycles. The molecule has 0 unspecified atom stereocenters. The highest BCUT2D eigenvalue weighted by atomic mass is 16.3. The van der Waals surface area contributed by atoms with Crippen LogP contribution in [-0.2, 0) is 0 Å². The molecule has 2 heteroatoms. The molecule has 0 fully saturated rings. The molecule has 2 nitrogen and oxygen atoms in total. The lowest BCUT2D eigenvalue weighted by molar-refractivity contribution is 0.669. The van der Waals surface area contributed by atoms with E-state index in [2.05, 4.69) is 241 Å². The maximum Gasteiger partial charge on any atom is 0.136 e. The van der Waals surface area contributed by atoms with Gasteiger partial charge in [-0.05, 0) is 148 Å². The van der Waals surface area contributed by atoms with Crippen molar-refractivity contribution in [1.82, 2.24) is 0 Å². The fourth-order valence-corrected chi connectivity index (χ4v) is 10.0. The number of fused-ring (bicyclic) bond motifs is 10. The second-order valence-corrected chi connectivity index (χ2v) is 16.9. The van der Waals surface area contributed by atoms with Gasteiger partial charge >= 0.3 is 0 Å². The average molecular weight is 814 g/mol. The first kappa shape index (κ1) is 36.2. The Hall–Kier alpha value is -8.46. The second-order valence-electron chi connectivity index (χ2n) is 16.9. The van der Waals surface area contributed by atoms with Crippen molar-refractivity contribution in [1.29, 1.82) is 0 Å². The van der Waals surface area contributed by atoms with Crippen LogP contribution in [0.1, 0.15) is 0 Å². The number of anilines is 3. The van der Waals surface area contributed by atoms with Gasteiger partial charge in [0.2, 0.25) is 0 Å². The first-order valence-corrected chi connectivity index (χ1v) is 22.0. The third-order valence-electron chi connectivity index (χ3n) is 13.2. The standard InChI is InChI=1S/C62H39NO/c1-2-13-44-39-62-59(36-43(44)12-1)58-38-48(28-34-61(58)64-62)54-17-9-10-20-60(54)63(49-29-23-40(24-30-49)45-27-33-53-47(35-45)22-21-41-11-3-5-15-51(41)53)50-31-25-42(26-32-50)57-37-46-14-4-6-16-52(46)55-18-7-8-19-56(55)57/h1-39H. The molecule has 0 radical (unpaired) electrons. The van der Waals surface area contributed by atoms with Crippen LogP contribution in [0.4, 0.5) is 17.1 Å². The van der Waals surface area contributed by atoms with Gasteiger partial charge in [-0.25, -0.2) is 0 Å². The molecule has 1 aromatic heterocycles. The van der Waals surface area contributed by atoms with Crippen LogP contribution in [0.2, 0.25) is 0 Å². The molecule has 298 valence electrons. The van der Waals surface area contributed by atoms with Crippen LogP contribution < -0.4 is 4.90 Å². The van der Waals surface area contributed by atoms with Crippen molar-refractivity contribution < 1.29 is 4.42 Å². The van der Waals surface area contributed by atoms with Crippen LogP contribution in [0.5, 0.6) is 0 Å². The van der Waals surface area contributed by atoms with E-state index >= 15 is 0 Å². The Morgan fingerprint density at radius 1 is 0.250 bits per heavy atom. The SMILES string of the molecule is c1ccc(N(c2ccc(-c3ccc4c(ccc5ccccc54)c3)cc2)c2ccc(-c3cc4ccccc4c4ccccc34)cc2)c(-c2ccc3oc4cc5ccccc5cc4c3c2)c1. The molecule has 0 aliphatic rings. The van der Waals surface area contributed by atoms with Gasteiger partial charge in [0.05, 0.1) is 5.69 Å². The van der Waals surface area contributed by atoms with Crippen molar-refractivity contribution in [2.24, 2.45) is 0 Å². The molecule has 0 spiro atoms. The summed E-state index contributed by atoms with van der Waals surface area (Å²) in [6.07, 6.45) is 0. The molecule has 0 saturated heterocycles. The molecule has 0 bridgehead atoms. The fourth-order valence-electron chi connectivity index (χ4n) is 10.0. The van der Waals surface area contributed by atoms with E-state index in [9.17, 15) is 0 Å². The van der Waals surface area contributed by atoms with Gasteiger partial charge in [0.1, 0.15) is 11.2 Å².